The fraction of sp³-hybridized carbons (Fsp3) is 0.500. The van der Waals surface area contributed by atoms with E-state index in [2.05, 4.69) is 40.2 Å². The molecule has 1 aliphatic rings. The first kappa shape index (κ1) is 16.8. The Morgan fingerprint density at radius 2 is 1.86 bits per heavy atom. The van der Waals surface area contributed by atoms with Crippen LogP contribution >= 0.6 is 15.9 Å². The number of nitrogens with two attached hydrogens (primary N) is 1. The average Bonchev–Trinajstić information content (AvgIpc) is 2.65. The van der Waals surface area contributed by atoms with Gasteiger partial charge in [0.2, 0.25) is 0 Å². The minimum atomic E-state index is -0.382. The zero-order valence-electron chi connectivity index (χ0n) is 13.2. The largest absolute Gasteiger partial charge is 0.491 e. The fourth-order valence-electron chi connectivity index (χ4n) is 2.20. The molecule has 1 aromatic carbocycles. The molecular weight excluding hydrogens is 329 g/mol. The topological polar surface area (TPSA) is 44.5 Å². The molecule has 1 aromatic rings. The van der Waals surface area contributed by atoms with Crippen molar-refractivity contribution in [2.75, 3.05) is 6.54 Å². The molecule has 21 heavy (non-hydrogen) atoms. The van der Waals surface area contributed by atoms with E-state index in [9.17, 15) is 0 Å². The maximum absolute atomic E-state index is 6.07. The molecule has 2 rings (SSSR count). The van der Waals surface area contributed by atoms with E-state index in [-0.39, 0.29) is 18.3 Å². The number of hydrogen-bond acceptors (Lipinski definition) is 3. The molecule has 0 unspecified atom stereocenters. The molecule has 2 N–H and O–H groups in total. The summed E-state index contributed by atoms with van der Waals surface area (Å²) in [6, 6.07) is 8.33. The van der Waals surface area contributed by atoms with Crippen LogP contribution < -0.4 is 5.73 Å². The Labute approximate surface area is 136 Å². The molecule has 0 atom stereocenters. The van der Waals surface area contributed by atoms with Gasteiger partial charge in [0, 0.05) is 11.9 Å². The van der Waals surface area contributed by atoms with E-state index in [1.165, 1.54) is 5.56 Å². The third kappa shape index (κ3) is 3.59. The molecule has 3 nitrogen and oxygen atoms in total. The lowest BCUT2D eigenvalue weighted by Gasteiger charge is -2.32. The van der Waals surface area contributed by atoms with E-state index in [0.29, 0.717) is 6.54 Å². The van der Waals surface area contributed by atoms with Crippen LogP contribution in [0.1, 0.15) is 38.8 Å². The minimum absolute atomic E-state index is 0.344. The number of halogens is 1. The second kappa shape index (κ2) is 6.25. The number of alkyl halides is 1. The van der Waals surface area contributed by atoms with Crippen LogP contribution in [0.15, 0.2) is 29.7 Å². The summed E-state index contributed by atoms with van der Waals surface area (Å²) in [5, 5.41) is 0.836. The Bertz CT molecular complexity index is 527. The zero-order valence-corrected chi connectivity index (χ0v) is 14.7. The fourth-order valence-corrected chi connectivity index (χ4v) is 2.55. The van der Waals surface area contributed by atoms with Crippen molar-refractivity contribution in [1.29, 1.82) is 0 Å². The smallest absolute Gasteiger partial charge is 0.400 e. The molecule has 1 fully saturated rings. The summed E-state index contributed by atoms with van der Waals surface area (Å²) in [7, 11) is -0.382. The molecular formula is C16H23BBrNO2. The number of rotatable bonds is 4. The molecule has 0 aromatic heterocycles. The Kier molecular flexibility index (Phi) is 4.98. The van der Waals surface area contributed by atoms with Crippen LogP contribution in [0.3, 0.4) is 0 Å². The van der Waals surface area contributed by atoms with Crippen LogP contribution in [0.2, 0.25) is 0 Å². The zero-order chi connectivity index (χ0) is 15.7. The molecule has 5 heteroatoms. The van der Waals surface area contributed by atoms with Crippen LogP contribution in [-0.2, 0) is 14.6 Å². The van der Waals surface area contributed by atoms with Crippen LogP contribution in [0.25, 0.3) is 6.08 Å². The first-order valence-corrected chi connectivity index (χ1v) is 8.32. The summed E-state index contributed by atoms with van der Waals surface area (Å²) in [4.78, 5) is 0. The monoisotopic (exact) mass is 351 g/mol. The third-order valence-corrected chi connectivity index (χ3v) is 4.90. The van der Waals surface area contributed by atoms with Crippen molar-refractivity contribution >= 4 is 29.1 Å². The molecule has 0 saturated carbocycles. The molecule has 0 bridgehead atoms. The van der Waals surface area contributed by atoms with Gasteiger partial charge in [-0.05, 0) is 44.3 Å². The van der Waals surface area contributed by atoms with Crippen molar-refractivity contribution in [2.45, 2.75) is 44.2 Å². The molecule has 1 saturated heterocycles. The van der Waals surface area contributed by atoms with Gasteiger partial charge >= 0.3 is 7.12 Å². The Morgan fingerprint density at radius 1 is 1.24 bits per heavy atom. The second-order valence-electron chi connectivity index (χ2n) is 6.39. The highest BCUT2D eigenvalue weighted by atomic mass is 79.9. The molecule has 1 heterocycles. The summed E-state index contributed by atoms with van der Waals surface area (Å²) in [6.07, 6.45) is 2.06. The van der Waals surface area contributed by atoms with Crippen molar-refractivity contribution in [3.8, 4) is 0 Å². The summed E-state index contributed by atoms with van der Waals surface area (Å²) in [6.45, 7) is 8.60. The molecule has 114 valence electrons. The standard InChI is InChI=1S/C16H23BBrNO2/c1-15(2)16(3,4)21-17(20-15)14(11-19)9-12-6-5-7-13(8-12)10-18/h5-9H,10-11,19H2,1-4H3. The van der Waals surface area contributed by atoms with E-state index < -0.39 is 0 Å². The van der Waals surface area contributed by atoms with Crippen molar-refractivity contribution in [1.82, 2.24) is 0 Å². The van der Waals surface area contributed by atoms with Crippen LogP contribution in [0.4, 0.5) is 0 Å². The lowest BCUT2D eigenvalue weighted by atomic mass is 9.77. The van der Waals surface area contributed by atoms with Crippen molar-refractivity contribution in [2.24, 2.45) is 5.73 Å². The van der Waals surface area contributed by atoms with Gasteiger partial charge in [0.25, 0.3) is 0 Å². The van der Waals surface area contributed by atoms with E-state index >= 15 is 0 Å². The third-order valence-electron chi connectivity index (χ3n) is 4.25. The maximum atomic E-state index is 6.07. The highest BCUT2D eigenvalue weighted by Gasteiger charge is 2.52. The summed E-state index contributed by atoms with van der Waals surface area (Å²) < 4.78 is 12.1. The Morgan fingerprint density at radius 3 is 2.38 bits per heavy atom. The lowest BCUT2D eigenvalue weighted by molar-refractivity contribution is 0.00578. The van der Waals surface area contributed by atoms with E-state index in [4.69, 9.17) is 15.0 Å². The second-order valence-corrected chi connectivity index (χ2v) is 6.95. The predicted molar refractivity (Wildman–Crippen MR) is 92.2 cm³/mol. The average molecular weight is 352 g/mol. The Balaban J connectivity index is 2.26. The highest BCUT2D eigenvalue weighted by molar-refractivity contribution is 9.08. The van der Waals surface area contributed by atoms with Gasteiger partial charge < -0.3 is 15.0 Å². The van der Waals surface area contributed by atoms with Crippen molar-refractivity contribution < 1.29 is 9.31 Å². The number of hydrogen-bond donors (Lipinski definition) is 1. The van der Waals surface area contributed by atoms with Crippen LogP contribution in [-0.4, -0.2) is 24.9 Å². The highest BCUT2D eigenvalue weighted by Crippen LogP contribution is 2.38. The minimum Gasteiger partial charge on any atom is -0.400 e. The maximum Gasteiger partial charge on any atom is 0.491 e. The quantitative estimate of drug-likeness (QED) is 0.666. The van der Waals surface area contributed by atoms with Gasteiger partial charge in [0.05, 0.1) is 11.2 Å². The molecule has 0 radical (unpaired) electrons. The predicted octanol–water partition coefficient (Wildman–Crippen LogP) is 3.56. The normalized spacial score (nSPS) is 20.9. The van der Waals surface area contributed by atoms with Gasteiger partial charge in [0.15, 0.2) is 0 Å². The van der Waals surface area contributed by atoms with E-state index in [0.717, 1.165) is 16.4 Å². The lowest BCUT2D eigenvalue weighted by Crippen LogP contribution is -2.41. The van der Waals surface area contributed by atoms with Gasteiger partial charge in [0.1, 0.15) is 0 Å². The molecule has 0 amide bonds. The summed E-state index contributed by atoms with van der Waals surface area (Å²) in [5.41, 5.74) is 8.53. The van der Waals surface area contributed by atoms with Crippen LogP contribution in [0, 0.1) is 0 Å². The first-order chi connectivity index (χ1) is 9.79. The molecule has 0 spiro atoms. The first-order valence-electron chi connectivity index (χ1n) is 7.20. The van der Waals surface area contributed by atoms with Gasteiger partial charge in [-0.3, -0.25) is 0 Å². The number of benzene rings is 1. The van der Waals surface area contributed by atoms with E-state index in [1.807, 2.05) is 33.8 Å². The molecule has 1 aliphatic heterocycles. The molecule has 0 aliphatic carbocycles. The van der Waals surface area contributed by atoms with E-state index in [1.54, 1.807) is 0 Å². The SMILES string of the molecule is CC1(C)OB(C(=Cc2cccc(CBr)c2)CN)OC1(C)C. The van der Waals surface area contributed by atoms with Gasteiger partial charge in [-0.25, -0.2) is 0 Å². The van der Waals surface area contributed by atoms with Crippen LogP contribution in [0.5, 0.6) is 0 Å². The van der Waals surface area contributed by atoms with Gasteiger partial charge in [-0.2, -0.15) is 0 Å². The van der Waals surface area contributed by atoms with Gasteiger partial charge in [-0.1, -0.05) is 46.3 Å². The summed E-state index contributed by atoms with van der Waals surface area (Å²) in [5.74, 6) is 0. The Hall–Kier alpha value is -0.615. The van der Waals surface area contributed by atoms with Crippen molar-refractivity contribution in [3.05, 3.63) is 40.9 Å². The van der Waals surface area contributed by atoms with Gasteiger partial charge in [-0.15, -0.1) is 0 Å². The summed E-state index contributed by atoms with van der Waals surface area (Å²) >= 11 is 3.48. The van der Waals surface area contributed by atoms with Crippen molar-refractivity contribution in [3.63, 3.8) is 0 Å².